The van der Waals surface area contributed by atoms with Crippen molar-refractivity contribution in [1.82, 2.24) is 0 Å². The lowest BCUT2D eigenvalue weighted by Crippen LogP contribution is -2.29. The SMILES string of the molecule is C=C(O)CC1CCCN1c1ccc(Cc2ccc(Cl)cc2F)cc1. The van der Waals surface area contributed by atoms with Crippen molar-refractivity contribution in [1.29, 1.82) is 0 Å². The molecule has 0 aliphatic carbocycles. The average Bonchev–Trinajstić information content (AvgIpc) is 2.98. The largest absolute Gasteiger partial charge is 0.513 e. The summed E-state index contributed by atoms with van der Waals surface area (Å²) in [5.74, 6) is -0.0330. The molecule has 1 unspecified atom stereocenters. The third kappa shape index (κ3) is 3.90. The van der Waals surface area contributed by atoms with Crippen LogP contribution in [0.4, 0.5) is 10.1 Å². The molecule has 4 heteroatoms. The molecule has 1 N–H and O–H groups in total. The van der Waals surface area contributed by atoms with E-state index in [9.17, 15) is 9.50 Å². The van der Waals surface area contributed by atoms with E-state index in [0.29, 0.717) is 29.5 Å². The van der Waals surface area contributed by atoms with Crippen molar-refractivity contribution in [2.75, 3.05) is 11.4 Å². The lowest BCUT2D eigenvalue weighted by molar-refractivity contribution is 0.376. The first-order valence-corrected chi connectivity index (χ1v) is 8.57. The quantitative estimate of drug-likeness (QED) is 0.723. The molecule has 0 bridgehead atoms. The molecule has 3 rings (SSSR count). The maximum atomic E-state index is 13.9. The molecule has 1 heterocycles. The summed E-state index contributed by atoms with van der Waals surface area (Å²) in [5, 5.41) is 9.88. The van der Waals surface area contributed by atoms with Gasteiger partial charge in [0.05, 0.1) is 5.76 Å². The predicted molar refractivity (Wildman–Crippen MR) is 97.4 cm³/mol. The van der Waals surface area contributed by atoms with E-state index in [1.807, 2.05) is 12.1 Å². The summed E-state index contributed by atoms with van der Waals surface area (Å²) in [6, 6.07) is 13.3. The summed E-state index contributed by atoms with van der Waals surface area (Å²) >= 11 is 5.79. The molecule has 1 fully saturated rings. The van der Waals surface area contributed by atoms with Crippen LogP contribution in [0.25, 0.3) is 0 Å². The van der Waals surface area contributed by atoms with Crippen molar-refractivity contribution in [3.8, 4) is 0 Å². The number of aliphatic hydroxyl groups is 1. The Morgan fingerprint density at radius 1 is 1.25 bits per heavy atom. The zero-order valence-electron chi connectivity index (χ0n) is 13.5. The lowest BCUT2D eigenvalue weighted by Gasteiger charge is -2.26. The number of hydrogen-bond acceptors (Lipinski definition) is 2. The van der Waals surface area contributed by atoms with Crippen LogP contribution in [0.2, 0.25) is 5.02 Å². The molecule has 2 aromatic rings. The summed E-state index contributed by atoms with van der Waals surface area (Å²) in [4.78, 5) is 2.31. The molecule has 0 aromatic heterocycles. The Hall–Kier alpha value is -2.00. The van der Waals surface area contributed by atoms with Crippen LogP contribution in [0.5, 0.6) is 0 Å². The first-order valence-electron chi connectivity index (χ1n) is 8.19. The fourth-order valence-corrected chi connectivity index (χ4v) is 3.51. The van der Waals surface area contributed by atoms with Crippen molar-refractivity contribution >= 4 is 17.3 Å². The van der Waals surface area contributed by atoms with Crippen LogP contribution in [0.1, 0.15) is 30.4 Å². The highest BCUT2D eigenvalue weighted by molar-refractivity contribution is 6.30. The van der Waals surface area contributed by atoms with E-state index in [-0.39, 0.29) is 11.6 Å². The average molecular weight is 346 g/mol. The van der Waals surface area contributed by atoms with Gasteiger partial charge in [0.25, 0.3) is 0 Å². The topological polar surface area (TPSA) is 23.5 Å². The minimum atomic E-state index is -0.271. The Balaban J connectivity index is 1.72. The molecular weight excluding hydrogens is 325 g/mol. The summed E-state index contributed by atoms with van der Waals surface area (Å²) in [7, 11) is 0. The molecule has 0 amide bonds. The van der Waals surface area contributed by atoms with E-state index in [4.69, 9.17) is 11.6 Å². The van der Waals surface area contributed by atoms with Crippen molar-refractivity contribution in [2.45, 2.75) is 31.7 Å². The zero-order valence-corrected chi connectivity index (χ0v) is 14.3. The number of rotatable bonds is 5. The van der Waals surface area contributed by atoms with Gasteiger partial charge in [0, 0.05) is 36.1 Å². The minimum Gasteiger partial charge on any atom is -0.513 e. The Labute approximate surface area is 147 Å². The molecule has 0 spiro atoms. The third-order valence-electron chi connectivity index (χ3n) is 4.53. The van der Waals surface area contributed by atoms with Crippen LogP contribution >= 0.6 is 11.6 Å². The van der Waals surface area contributed by atoms with Crippen LogP contribution in [-0.2, 0) is 6.42 Å². The van der Waals surface area contributed by atoms with Gasteiger partial charge in [-0.2, -0.15) is 0 Å². The second-order valence-electron chi connectivity index (χ2n) is 6.34. The lowest BCUT2D eigenvalue weighted by atomic mass is 10.0. The summed E-state index contributed by atoms with van der Waals surface area (Å²) < 4.78 is 13.9. The van der Waals surface area contributed by atoms with Crippen LogP contribution in [0, 0.1) is 5.82 Å². The standard InChI is InChI=1S/C20H21ClFNO/c1-14(24)11-19-3-2-10-23(19)18-8-4-15(5-9-18)12-16-6-7-17(21)13-20(16)22/h4-9,13,19,24H,1-3,10-12H2. The molecule has 1 saturated heterocycles. The fraction of sp³-hybridized carbons (Fsp3) is 0.300. The number of benzene rings is 2. The number of halogens is 2. The zero-order chi connectivity index (χ0) is 17.1. The third-order valence-corrected chi connectivity index (χ3v) is 4.76. The van der Waals surface area contributed by atoms with Crippen molar-refractivity contribution < 1.29 is 9.50 Å². The molecule has 1 atom stereocenters. The van der Waals surface area contributed by atoms with Crippen LogP contribution < -0.4 is 4.90 Å². The molecule has 2 nitrogen and oxygen atoms in total. The predicted octanol–water partition coefficient (Wildman–Crippen LogP) is 5.50. The van der Waals surface area contributed by atoms with Crippen molar-refractivity contribution in [3.05, 3.63) is 76.8 Å². The van der Waals surface area contributed by atoms with E-state index in [1.165, 1.54) is 6.07 Å². The van der Waals surface area contributed by atoms with Gasteiger partial charge < -0.3 is 10.0 Å². The summed E-state index contributed by atoms with van der Waals surface area (Å²) in [5.41, 5.74) is 2.84. The summed E-state index contributed by atoms with van der Waals surface area (Å²) in [6.07, 6.45) is 3.34. The van der Waals surface area contributed by atoms with Crippen molar-refractivity contribution in [3.63, 3.8) is 0 Å². The van der Waals surface area contributed by atoms with Gasteiger partial charge in [0.2, 0.25) is 0 Å². The minimum absolute atomic E-state index is 0.238. The molecule has 1 aliphatic heterocycles. The Bertz CT molecular complexity index is 729. The van der Waals surface area contributed by atoms with Gasteiger partial charge in [-0.05, 0) is 48.2 Å². The molecule has 1 aliphatic rings. The van der Waals surface area contributed by atoms with Gasteiger partial charge in [0.1, 0.15) is 5.82 Å². The molecule has 2 aromatic carbocycles. The second-order valence-corrected chi connectivity index (χ2v) is 6.78. The summed E-state index contributed by atoms with van der Waals surface area (Å²) in [6.45, 7) is 4.60. The van der Waals surface area contributed by atoms with Gasteiger partial charge in [-0.1, -0.05) is 36.4 Å². The van der Waals surface area contributed by atoms with Crippen LogP contribution in [0.3, 0.4) is 0 Å². The molecular formula is C20H21ClFNO. The number of aliphatic hydroxyl groups excluding tert-OH is 1. The smallest absolute Gasteiger partial charge is 0.128 e. The van der Waals surface area contributed by atoms with Gasteiger partial charge >= 0.3 is 0 Å². The van der Waals surface area contributed by atoms with E-state index < -0.39 is 0 Å². The molecule has 0 radical (unpaired) electrons. The number of nitrogens with zero attached hydrogens (tertiary/aromatic N) is 1. The number of hydrogen-bond donors (Lipinski definition) is 1. The maximum absolute atomic E-state index is 13.9. The van der Waals surface area contributed by atoms with Gasteiger partial charge in [-0.15, -0.1) is 0 Å². The number of anilines is 1. The van der Waals surface area contributed by atoms with Gasteiger partial charge in [-0.3, -0.25) is 0 Å². The van der Waals surface area contributed by atoms with Gasteiger partial charge in [-0.25, -0.2) is 4.39 Å². The first kappa shape index (κ1) is 16.8. The maximum Gasteiger partial charge on any atom is 0.128 e. The fourth-order valence-electron chi connectivity index (χ4n) is 3.35. The highest BCUT2D eigenvalue weighted by atomic mass is 35.5. The Kier molecular flexibility index (Phi) is 5.10. The highest BCUT2D eigenvalue weighted by Gasteiger charge is 2.25. The van der Waals surface area contributed by atoms with Crippen LogP contribution in [0.15, 0.2) is 54.8 Å². The molecule has 24 heavy (non-hydrogen) atoms. The first-order chi connectivity index (χ1) is 11.5. The Morgan fingerprint density at radius 2 is 2.00 bits per heavy atom. The monoisotopic (exact) mass is 345 g/mol. The van der Waals surface area contributed by atoms with E-state index >= 15 is 0 Å². The van der Waals surface area contributed by atoms with E-state index in [2.05, 4.69) is 23.6 Å². The van der Waals surface area contributed by atoms with E-state index in [0.717, 1.165) is 30.6 Å². The molecule has 126 valence electrons. The highest BCUT2D eigenvalue weighted by Crippen LogP contribution is 2.29. The Morgan fingerprint density at radius 3 is 2.67 bits per heavy atom. The molecule has 0 saturated carbocycles. The van der Waals surface area contributed by atoms with Crippen molar-refractivity contribution in [2.24, 2.45) is 0 Å². The second kappa shape index (κ2) is 7.27. The van der Waals surface area contributed by atoms with Crippen LogP contribution in [-0.4, -0.2) is 17.7 Å². The van der Waals surface area contributed by atoms with Gasteiger partial charge in [0.15, 0.2) is 0 Å². The normalized spacial score (nSPS) is 17.2. The van der Waals surface area contributed by atoms with E-state index in [1.54, 1.807) is 12.1 Å².